The van der Waals surface area contributed by atoms with E-state index in [9.17, 15) is 10.2 Å². The topological polar surface area (TPSA) is 79.2 Å². The second-order valence-corrected chi connectivity index (χ2v) is 2.34. The fourth-order valence-electron chi connectivity index (χ4n) is 0.989. The van der Waals surface area contributed by atoms with Gasteiger partial charge in [-0.15, -0.1) is 0 Å². The fourth-order valence-corrected chi connectivity index (χ4v) is 0.989. The van der Waals surface area contributed by atoms with Crippen molar-refractivity contribution in [2.75, 3.05) is 13.7 Å². The van der Waals surface area contributed by atoms with E-state index in [4.69, 9.17) is 11.2 Å². The minimum atomic E-state index is -1.57. The molecule has 11 heavy (non-hydrogen) atoms. The van der Waals surface area contributed by atoms with E-state index < -0.39 is 31.2 Å². The molecule has 66 valence electrons. The highest BCUT2D eigenvalue weighted by Crippen LogP contribution is 2.20. The lowest BCUT2D eigenvalue weighted by atomic mass is 10.2. The van der Waals surface area contributed by atoms with Crippen LogP contribution in [0.25, 0.3) is 0 Å². The van der Waals surface area contributed by atoms with Crippen LogP contribution in [0.15, 0.2) is 0 Å². The van der Waals surface area contributed by atoms with Gasteiger partial charge in [0.2, 0.25) is 0 Å². The Kier molecular flexibility index (Phi) is 2.35. The molecular weight excluding hydrogens is 153 g/mol. The van der Waals surface area contributed by atoms with Crippen LogP contribution in [0.5, 0.6) is 0 Å². The summed E-state index contributed by atoms with van der Waals surface area (Å²) in [7, 11) is 1.30. The summed E-state index contributed by atoms with van der Waals surface area (Å²) >= 11 is 0. The lowest BCUT2D eigenvalue weighted by molar-refractivity contribution is -0.153. The predicted molar refractivity (Wildman–Crippen MR) is 34.8 cm³/mol. The van der Waals surface area contributed by atoms with Gasteiger partial charge >= 0.3 is 0 Å². The number of ether oxygens (including phenoxy) is 2. The third kappa shape index (κ3) is 1.52. The molecule has 0 radical (unpaired) electrons. The van der Waals surface area contributed by atoms with Crippen molar-refractivity contribution in [2.24, 2.45) is 0 Å². The Morgan fingerprint density at radius 3 is 2.45 bits per heavy atom. The normalized spacial score (nSPS) is 48.9. The average molecular weight is 166 g/mol. The van der Waals surface area contributed by atoms with Crippen molar-refractivity contribution < 1.29 is 26.2 Å². The van der Waals surface area contributed by atoms with Gasteiger partial charge in [-0.1, -0.05) is 0 Å². The molecule has 0 aromatic carbocycles. The van der Waals surface area contributed by atoms with Crippen molar-refractivity contribution in [1.82, 2.24) is 0 Å². The van der Waals surface area contributed by atoms with E-state index in [0.717, 1.165) is 0 Å². The Balaban J connectivity index is 2.60. The summed E-state index contributed by atoms with van der Waals surface area (Å²) in [5.74, 6) is 0. The van der Waals surface area contributed by atoms with E-state index in [-0.39, 0.29) is 0 Å². The van der Waals surface area contributed by atoms with Crippen LogP contribution < -0.4 is 0 Å². The number of hydrogen-bond donors (Lipinski definition) is 3. The molecule has 5 atom stereocenters. The zero-order valence-corrected chi connectivity index (χ0v) is 6.04. The maximum atomic E-state index is 9.19. The Morgan fingerprint density at radius 2 is 2.18 bits per heavy atom. The number of rotatable bonds is 2. The summed E-state index contributed by atoms with van der Waals surface area (Å²) in [5, 5.41) is 27.1. The van der Waals surface area contributed by atoms with Crippen molar-refractivity contribution in [3.8, 4) is 0 Å². The summed E-state index contributed by atoms with van der Waals surface area (Å²) in [6, 6.07) is 0. The molecule has 1 unspecified atom stereocenters. The Labute approximate surface area is 65.6 Å². The summed E-state index contributed by atoms with van der Waals surface area (Å²) in [6.45, 7) is -1.57. The third-order valence-electron chi connectivity index (χ3n) is 1.64. The standard InChI is InChI=1S/C6H12O5/c1-10-6-5(9)4(8)3(2-7)11-6/h3-9H,2H2,1H3/t3-,4-,5-,6?/m1/s1/i2+1D/t2-,3-,4-,5-,6?. The third-order valence-corrected chi connectivity index (χ3v) is 1.64. The number of hydrogen-bond acceptors (Lipinski definition) is 5. The molecule has 5 nitrogen and oxygen atoms in total. The van der Waals surface area contributed by atoms with Gasteiger partial charge in [-0.2, -0.15) is 0 Å². The number of aliphatic hydroxyl groups excluding tert-OH is 3. The van der Waals surface area contributed by atoms with Crippen LogP contribution in [0.4, 0.5) is 0 Å². The largest absolute Gasteiger partial charge is 0.394 e. The highest BCUT2D eigenvalue weighted by atomic mass is 16.7. The maximum Gasteiger partial charge on any atom is 0.186 e. The van der Waals surface area contributed by atoms with Crippen molar-refractivity contribution >= 4 is 0 Å². The second kappa shape index (κ2) is 3.46. The first-order valence-electron chi connectivity index (χ1n) is 3.80. The number of methoxy groups -OCH3 is 1. The lowest BCUT2D eigenvalue weighted by Gasteiger charge is -2.11. The SMILES string of the molecule is [2H][13C@@H](O)[C@H]1OC(OC)[C@H](O)[C@@H]1O. The van der Waals surface area contributed by atoms with E-state index in [1.54, 1.807) is 0 Å². The first-order valence-corrected chi connectivity index (χ1v) is 3.22. The van der Waals surface area contributed by atoms with E-state index in [0.29, 0.717) is 0 Å². The predicted octanol–water partition coefficient (Wildman–Crippen LogP) is -1.93. The molecular formula is C6H12O5. The van der Waals surface area contributed by atoms with Crippen molar-refractivity contribution in [1.29, 1.82) is 0 Å². The molecule has 0 spiro atoms. The Hall–Kier alpha value is -0.200. The molecule has 0 aromatic heterocycles. The molecule has 1 aliphatic rings. The van der Waals surface area contributed by atoms with Crippen LogP contribution in [0, 0.1) is 0 Å². The van der Waals surface area contributed by atoms with Crippen molar-refractivity contribution in [2.45, 2.75) is 24.6 Å². The molecule has 0 bridgehead atoms. The van der Waals surface area contributed by atoms with E-state index >= 15 is 0 Å². The van der Waals surface area contributed by atoms with E-state index in [1.807, 2.05) is 0 Å². The minimum absolute atomic E-state index is 0.968. The summed E-state index contributed by atoms with van der Waals surface area (Å²) in [6.07, 6.45) is -4.56. The van der Waals surface area contributed by atoms with Crippen LogP contribution in [0.2, 0.25) is 0 Å². The van der Waals surface area contributed by atoms with Gasteiger partial charge in [-0.05, 0) is 0 Å². The smallest absolute Gasteiger partial charge is 0.186 e. The summed E-state index contributed by atoms with van der Waals surface area (Å²) in [5.41, 5.74) is 0. The molecule has 0 aliphatic carbocycles. The molecule has 5 heteroatoms. The van der Waals surface area contributed by atoms with E-state index in [2.05, 4.69) is 4.74 Å². The summed E-state index contributed by atoms with van der Waals surface area (Å²) in [4.78, 5) is 0. The minimum Gasteiger partial charge on any atom is -0.394 e. The van der Waals surface area contributed by atoms with Crippen LogP contribution in [-0.4, -0.2) is 53.6 Å². The van der Waals surface area contributed by atoms with Gasteiger partial charge in [0.25, 0.3) is 0 Å². The second-order valence-electron chi connectivity index (χ2n) is 2.34. The zero-order chi connectivity index (χ0) is 9.30. The lowest BCUT2D eigenvalue weighted by Crippen LogP contribution is -2.34. The van der Waals surface area contributed by atoms with E-state index in [1.165, 1.54) is 7.11 Å². The van der Waals surface area contributed by atoms with Gasteiger partial charge in [0.05, 0.1) is 7.95 Å². The molecule has 1 rings (SSSR count). The van der Waals surface area contributed by atoms with Crippen molar-refractivity contribution in [3.05, 3.63) is 0 Å². The quantitative estimate of drug-likeness (QED) is 0.416. The molecule has 1 heterocycles. The molecule has 0 aromatic rings. The molecule has 1 aliphatic heterocycles. The summed E-state index contributed by atoms with van der Waals surface area (Å²) < 4.78 is 16.3. The molecule has 1 fully saturated rings. The zero-order valence-electron chi connectivity index (χ0n) is 7.04. The van der Waals surface area contributed by atoms with Crippen molar-refractivity contribution in [3.63, 3.8) is 0 Å². The van der Waals surface area contributed by atoms with Crippen LogP contribution in [-0.2, 0) is 9.47 Å². The van der Waals surface area contributed by atoms with Gasteiger partial charge in [0.15, 0.2) is 6.29 Å². The van der Waals surface area contributed by atoms with Gasteiger partial charge < -0.3 is 24.8 Å². The highest BCUT2D eigenvalue weighted by Gasteiger charge is 2.42. The van der Waals surface area contributed by atoms with Gasteiger partial charge in [-0.25, -0.2) is 0 Å². The molecule has 0 amide bonds. The van der Waals surface area contributed by atoms with Crippen LogP contribution >= 0.6 is 0 Å². The highest BCUT2D eigenvalue weighted by molar-refractivity contribution is 4.85. The number of aliphatic hydroxyl groups is 3. The Morgan fingerprint density at radius 1 is 1.55 bits per heavy atom. The fraction of sp³-hybridized carbons (Fsp3) is 1.00. The van der Waals surface area contributed by atoms with Gasteiger partial charge in [-0.3, -0.25) is 0 Å². The van der Waals surface area contributed by atoms with Crippen LogP contribution in [0.1, 0.15) is 1.37 Å². The van der Waals surface area contributed by atoms with Gasteiger partial charge in [0.1, 0.15) is 18.3 Å². The molecule has 1 saturated heterocycles. The van der Waals surface area contributed by atoms with Crippen LogP contribution in [0.3, 0.4) is 0 Å². The Bertz CT molecular complexity index is 153. The van der Waals surface area contributed by atoms with Gasteiger partial charge in [0, 0.05) is 7.11 Å². The average Bonchev–Trinajstić information content (AvgIpc) is 2.30. The molecule has 3 N–H and O–H groups in total. The first kappa shape index (κ1) is 7.45. The first-order chi connectivity index (χ1) is 5.57. The monoisotopic (exact) mass is 166 g/mol. The maximum absolute atomic E-state index is 9.19. The molecule has 0 saturated carbocycles.